The van der Waals surface area contributed by atoms with Crippen molar-refractivity contribution in [1.82, 2.24) is 0 Å². The van der Waals surface area contributed by atoms with Crippen molar-refractivity contribution < 1.29 is 7.65 Å². The van der Waals surface area contributed by atoms with E-state index in [1.807, 2.05) is 12.3 Å². The number of Topliss-reactive ketones (excluding diaryl/α,β-unsaturated/α-hetero) is 1. The summed E-state index contributed by atoms with van der Waals surface area (Å²) in [5, 5.41) is 0. The number of allylic oxidation sites excluding steroid dienone is 5. The average Bonchev–Trinajstić information content (AvgIpc) is 3.05. The highest BCUT2D eigenvalue weighted by Gasteiger charge is 2.14. The molecule has 2 aliphatic rings. The van der Waals surface area contributed by atoms with Gasteiger partial charge in [0.1, 0.15) is 5.78 Å². The summed E-state index contributed by atoms with van der Waals surface area (Å²) in [5.41, 5.74) is 8.42. The molecule has 2 heteroatoms. The topological polar surface area (TPSA) is 29.4 Å². The number of unbranched alkanes of at least 4 members (excludes halogenated alkanes) is 2. The fourth-order valence-corrected chi connectivity index (χ4v) is 5.02. The molecule has 3 rings (SSSR count). The third kappa shape index (κ3) is 8.45. The molecule has 0 saturated heterocycles. The highest BCUT2D eigenvalue weighted by atomic mass is 16.1. The minimum absolute atomic E-state index is 0. The molecular weight excluding hydrogens is 402 g/mol. The SMILES string of the molecule is CC[C@@H](CCCCCC1=NC=C=CC2=C1C=CCC2)CCCC(=O)CC(C)c1ccccc1.[HH].[HH]. The van der Waals surface area contributed by atoms with E-state index in [2.05, 4.69) is 67.1 Å². The zero-order valence-corrected chi connectivity index (χ0v) is 20.7. The first-order chi connectivity index (χ1) is 16.2. The molecule has 2 atom stereocenters. The molecule has 0 saturated carbocycles. The lowest BCUT2D eigenvalue weighted by Crippen LogP contribution is -2.07. The molecule has 0 N–H and O–H groups in total. The number of hydrogen-bond acceptors (Lipinski definition) is 2. The van der Waals surface area contributed by atoms with Crippen LogP contribution in [0.3, 0.4) is 0 Å². The van der Waals surface area contributed by atoms with Crippen LogP contribution in [0.15, 0.2) is 76.6 Å². The van der Waals surface area contributed by atoms with Crippen molar-refractivity contribution >= 4 is 11.5 Å². The van der Waals surface area contributed by atoms with Gasteiger partial charge in [0.2, 0.25) is 0 Å². The zero-order chi connectivity index (χ0) is 23.3. The Morgan fingerprint density at radius 1 is 1.12 bits per heavy atom. The molecule has 0 amide bonds. The predicted molar refractivity (Wildman–Crippen MR) is 145 cm³/mol. The number of carbonyl (C=O) groups is 1. The molecular formula is C31H45NO. The summed E-state index contributed by atoms with van der Waals surface area (Å²) in [4.78, 5) is 17.1. The maximum absolute atomic E-state index is 12.4. The Kier molecular flexibility index (Phi) is 10.7. The van der Waals surface area contributed by atoms with Gasteiger partial charge >= 0.3 is 0 Å². The van der Waals surface area contributed by atoms with Gasteiger partial charge in [0.25, 0.3) is 0 Å². The molecule has 1 heterocycles. The highest BCUT2D eigenvalue weighted by molar-refractivity contribution is 6.04. The Hall–Kier alpha value is -2.44. The fourth-order valence-electron chi connectivity index (χ4n) is 5.02. The van der Waals surface area contributed by atoms with E-state index in [9.17, 15) is 4.79 Å². The van der Waals surface area contributed by atoms with E-state index < -0.39 is 0 Å². The predicted octanol–water partition coefficient (Wildman–Crippen LogP) is 9.16. The normalized spacial score (nSPS) is 16.8. The second kappa shape index (κ2) is 14.0. The molecule has 1 aromatic rings. The van der Waals surface area contributed by atoms with Gasteiger partial charge in [0.05, 0.1) is 6.20 Å². The molecule has 1 aliphatic heterocycles. The lowest BCUT2D eigenvalue weighted by atomic mass is 9.89. The van der Waals surface area contributed by atoms with E-state index in [4.69, 9.17) is 0 Å². The molecule has 33 heavy (non-hydrogen) atoms. The van der Waals surface area contributed by atoms with Crippen molar-refractivity contribution in [1.29, 1.82) is 0 Å². The molecule has 0 fully saturated rings. The number of rotatable bonds is 14. The summed E-state index contributed by atoms with van der Waals surface area (Å²) in [6, 6.07) is 10.4. The first-order valence-electron chi connectivity index (χ1n) is 13.1. The van der Waals surface area contributed by atoms with E-state index in [0.29, 0.717) is 18.1 Å². The molecule has 0 spiro atoms. The summed E-state index contributed by atoms with van der Waals surface area (Å²) < 4.78 is 0. The molecule has 180 valence electrons. The van der Waals surface area contributed by atoms with Crippen molar-refractivity contribution in [3.8, 4) is 0 Å². The fraction of sp³-hybridized carbons (Fsp3) is 0.516. The summed E-state index contributed by atoms with van der Waals surface area (Å²) >= 11 is 0. The third-order valence-electron chi connectivity index (χ3n) is 7.15. The maximum atomic E-state index is 12.4. The van der Waals surface area contributed by atoms with Gasteiger partial charge in [-0.2, -0.15) is 0 Å². The van der Waals surface area contributed by atoms with Crippen LogP contribution in [0.4, 0.5) is 0 Å². The van der Waals surface area contributed by atoms with Crippen LogP contribution in [-0.4, -0.2) is 11.5 Å². The second-order valence-electron chi connectivity index (χ2n) is 9.72. The smallest absolute Gasteiger partial charge is 0.133 e. The van der Waals surface area contributed by atoms with Crippen LogP contribution in [0.1, 0.15) is 105 Å². The molecule has 0 bridgehead atoms. The number of aliphatic imine (C=N–C) groups is 1. The summed E-state index contributed by atoms with van der Waals surface area (Å²) in [6.07, 6.45) is 21.6. The summed E-state index contributed by atoms with van der Waals surface area (Å²) in [7, 11) is 0. The van der Waals surface area contributed by atoms with Gasteiger partial charge in [-0.3, -0.25) is 9.79 Å². The van der Waals surface area contributed by atoms with E-state index in [-0.39, 0.29) is 2.85 Å². The van der Waals surface area contributed by atoms with Gasteiger partial charge in [0.15, 0.2) is 0 Å². The van der Waals surface area contributed by atoms with Gasteiger partial charge in [-0.05, 0) is 66.7 Å². The van der Waals surface area contributed by atoms with Crippen LogP contribution >= 0.6 is 0 Å². The lowest BCUT2D eigenvalue weighted by Gasteiger charge is -2.16. The Labute approximate surface area is 204 Å². The maximum Gasteiger partial charge on any atom is 0.133 e. The number of nitrogens with zero attached hydrogens (tertiary/aromatic N) is 1. The van der Waals surface area contributed by atoms with Crippen molar-refractivity contribution in [2.24, 2.45) is 10.9 Å². The van der Waals surface area contributed by atoms with Crippen LogP contribution in [0.5, 0.6) is 0 Å². The van der Waals surface area contributed by atoms with E-state index >= 15 is 0 Å². The van der Waals surface area contributed by atoms with Gasteiger partial charge in [-0.15, -0.1) is 5.73 Å². The van der Waals surface area contributed by atoms with Crippen LogP contribution in [0.2, 0.25) is 0 Å². The molecule has 0 radical (unpaired) electrons. The molecule has 1 aliphatic carbocycles. The minimum atomic E-state index is 0. The third-order valence-corrected chi connectivity index (χ3v) is 7.15. The monoisotopic (exact) mass is 447 g/mol. The van der Waals surface area contributed by atoms with Crippen molar-refractivity contribution in [2.45, 2.75) is 96.8 Å². The number of carbonyl (C=O) groups excluding carboxylic acids is 1. The number of ketones is 1. The summed E-state index contributed by atoms with van der Waals surface area (Å²) in [5.74, 6) is 1.49. The Balaban J connectivity index is 0.00000306. The van der Waals surface area contributed by atoms with E-state index in [0.717, 1.165) is 38.0 Å². The standard InChI is InChI=1S/C31H41NO.2H2/c1-3-26(15-12-20-29(33)24-25(2)27-16-7-5-8-17-27)14-6-4-9-22-31-30-21-11-10-18-28(30)19-13-23-32-31;;/h5,7-8,11,16-17,19,21,23,25-26H,3-4,6,9-10,12,14-15,18,20,22,24H2,1-2H3;2*1H/t25?,26-;;/m0../s1. The molecule has 1 aromatic carbocycles. The van der Waals surface area contributed by atoms with Crippen molar-refractivity contribution in [3.63, 3.8) is 0 Å². The van der Waals surface area contributed by atoms with Crippen LogP contribution in [0, 0.1) is 5.92 Å². The largest absolute Gasteiger partial charge is 0.300 e. The van der Waals surface area contributed by atoms with Crippen LogP contribution in [0.25, 0.3) is 0 Å². The van der Waals surface area contributed by atoms with Gasteiger partial charge < -0.3 is 0 Å². The molecule has 0 aromatic heterocycles. The Morgan fingerprint density at radius 2 is 1.94 bits per heavy atom. The Morgan fingerprint density at radius 3 is 2.76 bits per heavy atom. The molecule has 1 unspecified atom stereocenters. The van der Waals surface area contributed by atoms with Gasteiger partial charge in [0, 0.05) is 21.4 Å². The van der Waals surface area contributed by atoms with E-state index in [1.165, 1.54) is 60.9 Å². The first-order valence-corrected chi connectivity index (χ1v) is 13.1. The Bertz CT molecular complexity index is 923. The van der Waals surface area contributed by atoms with Crippen molar-refractivity contribution in [2.75, 3.05) is 0 Å². The van der Waals surface area contributed by atoms with Gasteiger partial charge in [-0.1, -0.05) is 88.4 Å². The number of benzene rings is 1. The van der Waals surface area contributed by atoms with Crippen LogP contribution < -0.4 is 0 Å². The minimum Gasteiger partial charge on any atom is -0.300 e. The highest BCUT2D eigenvalue weighted by Crippen LogP contribution is 2.26. The van der Waals surface area contributed by atoms with Gasteiger partial charge in [-0.25, -0.2) is 0 Å². The lowest BCUT2D eigenvalue weighted by molar-refractivity contribution is -0.119. The van der Waals surface area contributed by atoms with Crippen LogP contribution in [-0.2, 0) is 4.79 Å². The second-order valence-corrected chi connectivity index (χ2v) is 9.72. The first kappa shape index (κ1) is 25.2. The quantitative estimate of drug-likeness (QED) is 0.206. The van der Waals surface area contributed by atoms with Crippen molar-refractivity contribution in [3.05, 3.63) is 77.2 Å². The zero-order valence-electron chi connectivity index (χ0n) is 20.7. The summed E-state index contributed by atoms with van der Waals surface area (Å²) in [6.45, 7) is 4.46. The average molecular weight is 448 g/mol. The molecule has 2 nitrogen and oxygen atoms in total. The van der Waals surface area contributed by atoms with E-state index in [1.54, 1.807) is 0 Å². The number of hydrogen-bond donors (Lipinski definition) is 0.